The normalized spacial score (nSPS) is 18.5. The van der Waals surface area contributed by atoms with Crippen LogP contribution in [0.5, 0.6) is 0 Å². The Balaban J connectivity index is 1.81. The van der Waals surface area contributed by atoms with Crippen LogP contribution in [-0.4, -0.2) is 43.1 Å². The van der Waals surface area contributed by atoms with Crippen LogP contribution in [-0.2, 0) is 26.1 Å². The van der Waals surface area contributed by atoms with Crippen molar-refractivity contribution in [2.45, 2.75) is 102 Å². The van der Waals surface area contributed by atoms with Gasteiger partial charge in [-0.2, -0.15) is 0 Å². The average Bonchev–Trinajstić information content (AvgIpc) is 3.26. The molecular weight excluding hydrogens is 512 g/mol. The van der Waals surface area contributed by atoms with E-state index < -0.39 is 15.6 Å². The van der Waals surface area contributed by atoms with Crippen LogP contribution in [0.1, 0.15) is 83.7 Å². The SMILES string of the molecule is CC(=O)NCc1ccc(-c2cnc(C3CCC(NC(=O)OC(C)C)CC3)s2)c(S(=O)(=O)NC(C)(C)C)c1. The van der Waals surface area contributed by atoms with E-state index >= 15 is 0 Å². The molecule has 1 fully saturated rings. The van der Waals surface area contributed by atoms with Crippen molar-refractivity contribution in [2.75, 3.05) is 0 Å². The predicted octanol–water partition coefficient (Wildman–Crippen LogP) is 4.68. The minimum absolute atomic E-state index is 0.0818. The number of ether oxygens (including phenoxy) is 1. The Labute approximate surface area is 223 Å². The number of hydrogen-bond donors (Lipinski definition) is 3. The summed E-state index contributed by atoms with van der Waals surface area (Å²) in [5.74, 6) is 0.0693. The van der Waals surface area contributed by atoms with E-state index in [0.717, 1.165) is 35.6 Å². The van der Waals surface area contributed by atoms with Crippen LogP contribution >= 0.6 is 11.3 Å². The van der Waals surface area contributed by atoms with Crippen LogP contribution in [0.3, 0.4) is 0 Å². The maximum Gasteiger partial charge on any atom is 0.407 e. The molecule has 1 aliphatic carbocycles. The van der Waals surface area contributed by atoms with Crippen LogP contribution < -0.4 is 15.4 Å². The molecule has 0 saturated heterocycles. The fourth-order valence-electron chi connectivity index (χ4n) is 4.29. The Morgan fingerprint density at radius 1 is 1.16 bits per heavy atom. The van der Waals surface area contributed by atoms with Gasteiger partial charge in [-0.3, -0.25) is 4.79 Å². The summed E-state index contributed by atoms with van der Waals surface area (Å²) in [4.78, 5) is 28.9. The lowest BCUT2D eigenvalue weighted by Gasteiger charge is -2.28. The van der Waals surface area contributed by atoms with Gasteiger partial charge < -0.3 is 15.4 Å². The molecule has 0 bridgehead atoms. The molecular formula is C26H38N4O5S2. The van der Waals surface area contributed by atoms with E-state index in [9.17, 15) is 18.0 Å². The fourth-order valence-corrected chi connectivity index (χ4v) is 7.17. The molecule has 0 aliphatic heterocycles. The second kappa shape index (κ2) is 11.9. The lowest BCUT2D eigenvalue weighted by Crippen LogP contribution is -2.40. The summed E-state index contributed by atoms with van der Waals surface area (Å²) in [6.45, 7) is 10.7. The van der Waals surface area contributed by atoms with Crippen molar-refractivity contribution in [1.82, 2.24) is 20.3 Å². The van der Waals surface area contributed by atoms with Crippen LogP contribution in [0.15, 0.2) is 29.3 Å². The molecule has 1 aliphatic rings. The third kappa shape index (κ3) is 8.51. The molecule has 3 rings (SSSR count). The third-order valence-corrected chi connectivity index (χ3v) is 8.84. The second-order valence-corrected chi connectivity index (χ2v) is 13.5. The van der Waals surface area contributed by atoms with Gasteiger partial charge in [0.25, 0.3) is 0 Å². The summed E-state index contributed by atoms with van der Waals surface area (Å²) < 4.78 is 34.7. The molecule has 0 unspecified atom stereocenters. The fraction of sp³-hybridized carbons (Fsp3) is 0.577. The molecule has 1 aromatic heterocycles. The van der Waals surface area contributed by atoms with Crippen molar-refractivity contribution in [1.29, 1.82) is 0 Å². The third-order valence-electron chi connectivity index (χ3n) is 5.85. The molecule has 1 saturated carbocycles. The Morgan fingerprint density at radius 2 is 1.84 bits per heavy atom. The van der Waals surface area contributed by atoms with Crippen molar-refractivity contribution in [3.8, 4) is 10.4 Å². The summed E-state index contributed by atoms with van der Waals surface area (Å²) in [5, 5.41) is 6.63. The molecule has 2 amide bonds. The summed E-state index contributed by atoms with van der Waals surface area (Å²) in [7, 11) is -3.84. The number of thiazole rings is 1. The smallest absolute Gasteiger partial charge is 0.407 e. The monoisotopic (exact) mass is 550 g/mol. The first-order valence-electron chi connectivity index (χ1n) is 12.6. The van der Waals surface area contributed by atoms with E-state index in [-0.39, 0.29) is 41.5 Å². The Morgan fingerprint density at radius 3 is 2.43 bits per heavy atom. The molecule has 3 N–H and O–H groups in total. The Bertz CT molecular complexity index is 1210. The molecule has 1 aromatic carbocycles. The number of carbonyl (C=O) groups excluding carboxylic acids is 2. The van der Waals surface area contributed by atoms with E-state index in [1.165, 1.54) is 18.3 Å². The minimum Gasteiger partial charge on any atom is -0.447 e. The Kier molecular flexibility index (Phi) is 9.36. The topological polar surface area (TPSA) is 126 Å². The summed E-state index contributed by atoms with van der Waals surface area (Å²) in [6, 6.07) is 5.31. The van der Waals surface area contributed by atoms with Crippen LogP contribution in [0.2, 0.25) is 0 Å². The van der Waals surface area contributed by atoms with E-state index in [1.807, 2.05) is 19.9 Å². The van der Waals surface area contributed by atoms with Gasteiger partial charge in [-0.05, 0) is 71.9 Å². The second-order valence-electron chi connectivity index (χ2n) is 10.8. The highest BCUT2D eigenvalue weighted by atomic mass is 32.2. The standard InChI is InChI=1S/C26H38N4O5S2/c1-16(2)35-25(32)29-20-10-8-19(9-11-20)24-28-15-22(36-24)21-12-7-18(14-27-17(3)31)13-23(21)37(33,34)30-26(4,5)6/h7,12-13,15-16,19-20,30H,8-11,14H2,1-6H3,(H,27,31)(H,29,32). The zero-order valence-electron chi connectivity index (χ0n) is 22.4. The molecule has 9 nitrogen and oxygen atoms in total. The van der Waals surface area contributed by atoms with E-state index in [1.54, 1.807) is 39.1 Å². The number of nitrogens with one attached hydrogen (secondary N) is 3. The van der Waals surface area contributed by atoms with Gasteiger partial charge in [-0.15, -0.1) is 11.3 Å². The molecule has 1 heterocycles. The number of sulfonamides is 1. The van der Waals surface area contributed by atoms with Crippen molar-refractivity contribution in [3.05, 3.63) is 35.0 Å². The number of aromatic nitrogens is 1. The highest BCUT2D eigenvalue weighted by molar-refractivity contribution is 7.89. The first kappa shape index (κ1) is 29.1. The number of benzene rings is 1. The predicted molar refractivity (Wildman–Crippen MR) is 145 cm³/mol. The van der Waals surface area contributed by atoms with E-state index in [4.69, 9.17) is 4.74 Å². The number of alkyl carbamates (subject to hydrolysis) is 1. The molecule has 37 heavy (non-hydrogen) atoms. The quantitative estimate of drug-likeness (QED) is 0.438. The van der Waals surface area contributed by atoms with Gasteiger partial charge in [0, 0.05) is 42.7 Å². The highest BCUT2D eigenvalue weighted by Crippen LogP contribution is 2.39. The molecule has 0 spiro atoms. The number of amides is 2. The number of hydrogen-bond acceptors (Lipinski definition) is 7. The molecule has 0 radical (unpaired) electrons. The van der Waals surface area contributed by atoms with Crippen LogP contribution in [0, 0.1) is 0 Å². The number of carbonyl (C=O) groups is 2. The first-order valence-corrected chi connectivity index (χ1v) is 14.9. The first-order chi connectivity index (χ1) is 17.2. The zero-order valence-corrected chi connectivity index (χ0v) is 24.0. The van der Waals surface area contributed by atoms with Crippen molar-refractivity contribution in [3.63, 3.8) is 0 Å². The van der Waals surface area contributed by atoms with Gasteiger partial charge in [0.05, 0.1) is 20.9 Å². The van der Waals surface area contributed by atoms with Crippen LogP contribution in [0.25, 0.3) is 10.4 Å². The molecule has 2 aromatic rings. The van der Waals surface area contributed by atoms with Gasteiger partial charge in [-0.25, -0.2) is 22.9 Å². The van der Waals surface area contributed by atoms with Gasteiger partial charge in [0.1, 0.15) is 0 Å². The van der Waals surface area contributed by atoms with Gasteiger partial charge in [-0.1, -0.05) is 12.1 Å². The van der Waals surface area contributed by atoms with Gasteiger partial charge >= 0.3 is 6.09 Å². The van der Waals surface area contributed by atoms with Crippen LogP contribution in [0.4, 0.5) is 4.79 Å². The lowest BCUT2D eigenvalue weighted by atomic mass is 9.86. The zero-order chi connectivity index (χ0) is 27.4. The van der Waals surface area contributed by atoms with Crippen molar-refractivity contribution >= 4 is 33.4 Å². The maximum atomic E-state index is 13.4. The van der Waals surface area contributed by atoms with Gasteiger partial charge in [0.15, 0.2) is 0 Å². The highest BCUT2D eigenvalue weighted by Gasteiger charge is 2.29. The lowest BCUT2D eigenvalue weighted by molar-refractivity contribution is -0.119. The van der Waals surface area contributed by atoms with Crippen molar-refractivity contribution in [2.24, 2.45) is 0 Å². The largest absolute Gasteiger partial charge is 0.447 e. The molecule has 11 heteroatoms. The van der Waals surface area contributed by atoms with E-state index in [0.29, 0.717) is 11.1 Å². The molecule has 204 valence electrons. The van der Waals surface area contributed by atoms with Gasteiger partial charge in [0.2, 0.25) is 15.9 Å². The molecule has 0 atom stereocenters. The number of rotatable bonds is 8. The number of nitrogens with zero attached hydrogens (tertiary/aromatic N) is 1. The van der Waals surface area contributed by atoms with E-state index in [2.05, 4.69) is 20.3 Å². The summed E-state index contributed by atoms with van der Waals surface area (Å²) in [6.07, 6.45) is 4.63. The summed E-state index contributed by atoms with van der Waals surface area (Å²) >= 11 is 1.50. The Hall–Kier alpha value is -2.50. The summed E-state index contributed by atoms with van der Waals surface area (Å²) in [5.41, 5.74) is 0.621. The maximum absolute atomic E-state index is 13.4. The average molecular weight is 551 g/mol. The van der Waals surface area contributed by atoms with Crippen molar-refractivity contribution < 1.29 is 22.7 Å². The minimum atomic E-state index is -3.84.